The standard InChI is InChI=1S/C13H22N2O2/c1-9(2)4-5-10(3)15-13(16)11-6-12(7-14)17-8-11/h6,8-10H,4-5,7,14H2,1-3H3,(H,15,16). The normalized spacial score (nSPS) is 12.8. The Hall–Kier alpha value is -1.29. The molecule has 0 spiro atoms. The maximum atomic E-state index is 11.8. The van der Waals surface area contributed by atoms with Gasteiger partial charge in [-0.2, -0.15) is 0 Å². The number of carbonyl (C=O) groups excluding carboxylic acids is 1. The van der Waals surface area contributed by atoms with Crippen LogP contribution in [0.25, 0.3) is 0 Å². The summed E-state index contributed by atoms with van der Waals surface area (Å²) in [6.07, 6.45) is 3.55. The molecule has 0 aliphatic carbocycles. The summed E-state index contributed by atoms with van der Waals surface area (Å²) in [6, 6.07) is 1.87. The van der Waals surface area contributed by atoms with Gasteiger partial charge in [-0.1, -0.05) is 13.8 Å². The molecule has 1 rings (SSSR count). The van der Waals surface area contributed by atoms with Crippen molar-refractivity contribution in [3.8, 4) is 0 Å². The predicted molar refractivity (Wildman–Crippen MR) is 67.6 cm³/mol. The van der Waals surface area contributed by atoms with Crippen LogP contribution in [0.5, 0.6) is 0 Å². The van der Waals surface area contributed by atoms with Crippen molar-refractivity contribution in [3.05, 3.63) is 23.7 Å². The van der Waals surface area contributed by atoms with Crippen molar-refractivity contribution in [3.63, 3.8) is 0 Å². The summed E-state index contributed by atoms with van der Waals surface area (Å²) in [5.74, 6) is 1.20. The molecule has 17 heavy (non-hydrogen) atoms. The third kappa shape index (κ3) is 4.61. The van der Waals surface area contributed by atoms with Crippen LogP contribution in [0.3, 0.4) is 0 Å². The fourth-order valence-corrected chi connectivity index (χ4v) is 1.57. The molecule has 1 heterocycles. The van der Waals surface area contributed by atoms with Gasteiger partial charge in [0.15, 0.2) is 0 Å². The van der Waals surface area contributed by atoms with Crippen LogP contribution in [-0.2, 0) is 6.54 Å². The minimum Gasteiger partial charge on any atom is -0.467 e. The van der Waals surface area contributed by atoms with Gasteiger partial charge < -0.3 is 15.5 Å². The first kappa shape index (κ1) is 13.8. The van der Waals surface area contributed by atoms with E-state index in [0.717, 1.165) is 12.8 Å². The minimum atomic E-state index is -0.0929. The molecule has 0 aliphatic rings. The van der Waals surface area contributed by atoms with Gasteiger partial charge in [0.25, 0.3) is 5.91 Å². The summed E-state index contributed by atoms with van der Waals surface area (Å²) >= 11 is 0. The third-order valence-electron chi connectivity index (χ3n) is 2.67. The average molecular weight is 238 g/mol. The van der Waals surface area contributed by atoms with Crippen molar-refractivity contribution in [2.75, 3.05) is 0 Å². The first-order valence-corrected chi connectivity index (χ1v) is 6.11. The van der Waals surface area contributed by atoms with Crippen molar-refractivity contribution in [1.29, 1.82) is 0 Å². The number of nitrogens with two attached hydrogens (primary N) is 1. The molecule has 1 aromatic heterocycles. The van der Waals surface area contributed by atoms with Crippen molar-refractivity contribution < 1.29 is 9.21 Å². The lowest BCUT2D eigenvalue weighted by Crippen LogP contribution is -2.32. The largest absolute Gasteiger partial charge is 0.467 e. The molecule has 0 saturated carbocycles. The molecule has 0 aromatic carbocycles. The molecule has 0 radical (unpaired) electrons. The number of hydrogen-bond donors (Lipinski definition) is 2. The van der Waals surface area contributed by atoms with E-state index in [-0.39, 0.29) is 11.9 Å². The van der Waals surface area contributed by atoms with Gasteiger partial charge in [-0.3, -0.25) is 4.79 Å². The molecule has 1 aromatic rings. The monoisotopic (exact) mass is 238 g/mol. The number of hydrogen-bond acceptors (Lipinski definition) is 3. The van der Waals surface area contributed by atoms with E-state index in [0.29, 0.717) is 23.8 Å². The van der Waals surface area contributed by atoms with Crippen LogP contribution in [0.1, 0.15) is 49.7 Å². The molecule has 1 amide bonds. The van der Waals surface area contributed by atoms with Crippen LogP contribution in [0.2, 0.25) is 0 Å². The zero-order valence-electron chi connectivity index (χ0n) is 10.8. The number of rotatable bonds is 6. The zero-order valence-corrected chi connectivity index (χ0v) is 10.8. The van der Waals surface area contributed by atoms with E-state index in [1.165, 1.54) is 6.26 Å². The summed E-state index contributed by atoms with van der Waals surface area (Å²) in [7, 11) is 0. The van der Waals surface area contributed by atoms with E-state index in [1.807, 2.05) is 6.92 Å². The number of amides is 1. The smallest absolute Gasteiger partial charge is 0.254 e. The lowest BCUT2D eigenvalue weighted by Gasteiger charge is -2.14. The number of furan rings is 1. The van der Waals surface area contributed by atoms with Crippen LogP contribution in [0, 0.1) is 5.92 Å². The van der Waals surface area contributed by atoms with E-state index >= 15 is 0 Å². The molecule has 0 aliphatic heterocycles. The summed E-state index contributed by atoms with van der Waals surface area (Å²) in [5, 5.41) is 2.95. The Kier molecular flexibility index (Phi) is 5.22. The van der Waals surface area contributed by atoms with Crippen molar-refractivity contribution in [2.24, 2.45) is 11.7 Å². The van der Waals surface area contributed by atoms with Crippen LogP contribution in [-0.4, -0.2) is 11.9 Å². The SMILES string of the molecule is CC(C)CCC(C)NC(=O)c1coc(CN)c1. The lowest BCUT2D eigenvalue weighted by molar-refractivity contribution is 0.0936. The van der Waals surface area contributed by atoms with Crippen LogP contribution in [0.15, 0.2) is 16.7 Å². The highest BCUT2D eigenvalue weighted by molar-refractivity contribution is 5.94. The second kappa shape index (κ2) is 6.45. The highest BCUT2D eigenvalue weighted by Crippen LogP contribution is 2.09. The van der Waals surface area contributed by atoms with Gasteiger partial charge in [-0.25, -0.2) is 0 Å². The topological polar surface area (TPSA) is 68.3 Å². The van der Waals surface area contributed by atoms with Gasteiger partial charge >= 0.3 is 0 Å². The van der Waals surface area contributed by atoms with Crippen molar-refractivity contribution in [2.45, 2.75) is 46.2 Å². The average Bonchev–Trinajstić information content (AvgIpc) is 2.74. The first-order valence-electron chi connectivity index (χ1n) is 6.11. The maximum Gasteiger partial charge on any atom is 0.254 e. The van der Waals surface area contributed by atoms with Gasteiger partial charge in [0.2, 0.25) is 0 Å². The second-order valence-electron chi connectivity index (χ2n) is 4.85. The van der Waals surface area contributed by atoms with Gasteiger partial charge in [-0.05, 0) is 31.7 Å². The Morgan fingerprint density at radius 3 is 2.65 bits per heavy atom. The molecule has 4 nitrogen and oxygen atoms in total. The minimum absolute atomic E-state index is 0.0929. The molecular weight excluding hydrogens is 216 g/mol. The highest BCUT2D eigenvalue weighted by atomic mass is 16.3. The maximum absolute atomic E-state index is 11.8. The summed E-state index contributed by atoms with van der Waals surface area (Å²) in [6.45, 7) is 6.69. The first-order chi connectivity index (χ1) is 8.02. The Bertz CT molecular complexity index is 358. The van der Waals surface area contributed by atoms with Gasteiger partial charge in [0, 0.05) is 6.04 Å². The molecule has 96 valence electrons. The Balaban J connectivity index is 2.43. The van der Waals surface area contributed by atoms with Gasteiger partial charge in [0.1, 0.15) is 12.0 Å². The fourth-order valence-electron chi connectivity index (χ4n) is 1.57. The molecule has 1 atom stereocenters. The molecule has 1 unspecified atom stereocenters. The van der Waals surface area contributed by atoms with Crippen molar-refractivity contribution >= 4 is 5.91 Å². The van der Waals surface area contributed by atoms with E-state index < -0.39 is 0 Å². The van der Waals surface area contributed by atoms with Crippen LogP contribution in [0.4, 0.5) is 0 Å². The van der Waals surface area contributed by atoms with Crippen LogP contribution >= 0.6 is 0 Å². The number of carbonyl (C=O) groups is 1. The molecular formula is C13H22N2O2. The van der Waals surface area contributed by atoms with E-state index in [9.17, 15) is 4.79 Å². The zero-order chi connectivity index (χ0) is 12.8. The lowest BCUT2D eigenvalue weighted by atomic mass is 10.0. The third-order valence-corrected chi connectivity index (χ3v) is 2.67. The quantitative estimate of drug-likeness (QED) is 0.799. The second-order valence-corrected chi connectivity index (χ2v) is 4.85. The summed E-state index contributed by atoms with van der Waals surface area (Å²) in [4.78, 5) is 11.8. The van der Waals surface area contributed by atoms with Gasteiger partial charge in [-0.15, -0.1) is 0 Å². The van der Waals surface area contributed by atoms with E-state index in [1.54, 1.807) is 6.07 Å². The Morgan fingerprint density at radius 2 is 2.12 bits per heavy atom. The Labute approximate surface area is 103 Å². The summed E-state index contributed by atoms with van der Waals surface area (Å²) < 4.78 is 5.13. The summed E-state index contributed by atoms with van der Waals surface area (Å²) in [5.41, 5.74) is 5.96. The van der Waals surface area contributed by atoms with E-state index in [4.69, 9.17) is 10.2 Å². The molecule has 0 bridgehead atoms. The molecule has 0 fully saturated rings. The van der Waals surface area contributed by atoms with Crippen LogP contribution < -0.4 is 11.1 Å². The van der Waals surface area contributed by atoms with E-state index in [2.05, 4.69) is 19.2 Å². The predicted octanol–water partition coefficient (Wildman–Crippen LogP) is 2.29. The fraction of sp³-hybridized carbons (Fsp3) is 0.615. The van der Waals surface area contributed by atoms with Crippen molar-refractivity contribution in [1.82, 2.24) is 5.32 Å². The molecule has 4 heteroatoms. The number of nitrogens with one attached hydrogen (secondary N) is 1. The molecule has 0 saturated heterocycles. The molecule has 3 N–H and O–H groups in total. The highest BCUT2D eigenvalue weighted by Gasteiger charge is 2.12. The Morgan fingerprint density at radius 1 is 1.41 bits per heavy atom. The van der Waals surface area contributed by atoms with Gasteiger partial charge in [0.05, 0.1) is 12.1 Å².